The molecule has 0 heterocycles. The van der Waals surface area contributed by atoms with Gasteiger partial charge in [0.2, 0.25) is 0 Å². The number of aliphatic carboxylic acids is 1. The molecule has 1 rings (SSSR count). The Hall–Kier alpha value is -1.39. The van der Waals surface area contributed by atoms with Crippen LogP contribution < -0.4 is 0 Å². The Kier molecular flexibility index (Phi) is 3.44. The summed E-state index contributed by atoms with van der Waals surface area (Å²) in [6, 6.07) is 8.22. The quantitative estimate of drug-likeness (QED) is 0.605. The third-order valence-corrected chi connectivity index (χ3v) is 2.52. The number of carboxylic acid groups (broad SMARTS) is 1. The predicted octanol–water partition coefficient (Wildman–Crippen LogP) is 1.60. The van der Waals surface area contributed by atoms with Crippen molar-refractivity contribution in [3.63, 3.8) is 0 Å². The van der Waals surface area contributed by atoms with Gasteiger partial charge < -0.3 is 15.0 Å². The molecule has 82 valence electrons. The van der Waals surface area contributed by atoms with Crippen molar-refractivity contribution >= 4 is 5.97 Å². The van der Waals surface area contributed by atoms with Gasteiger partial charge in [0.1, 0.15) is 6.54 Å². The summed E-state index contributed by atoms with van der Waals surface area (Å²) in [5.74, 6) is -1.07. The standard InChI is InChI=1S/C11H15NO3/c1-9(11(13)14)12(2,15)8-10-6-4-3-5-7-10/h3-7,9H,8H2,1-2H3,(H,13,14). The average molecular weight is 209 g/mol. The lowest BCUT2D eigenvalue weighted by Crippen LogP contribution is -2.49. The maximum Gasteiger partial charge on any atom is 0.362 e. The number of nitrogens with zero attached hydrogens (tertiary/aromatic N) is 1. The van der Waals surface area contributed by atoms with E-state index in [1.165, 1.54) is 14.0 Å². The van der Waals surface area contributed by atoms with Crippen LogP contribution in [0.25, 0.3) is 0 Å². The van der Waals surface area contributed by atoms with Crippen LogP contribution in [0.4, 0.5) is 0 Å². The van der Waals surface area contributed by atoms with Crippen LogP contribution in [-0.2, 0) is 11.3 Å². The van der Waals surface area contributed by atoms with Crippen LogP contribution in [0.5, 0.6) is 0 Å². The Morgan fingerprint density at radius 3 is 2.47 bits per heavy atom. The second-order valence-electron chi connectivity index (χ2n) is 3.83. The number of hydrogen-bond acceptors (Lipinski definition) is 2. The number of carboxylic acids is 1. The molecule has 1 N–H and O–H groups in total. The lowest BCUT2D eigenvalue weighted by Gasteiger charge is -2.41. The zero-order chi connectivity index (χ0) is 11.5. The van der Waals surface area contributed by atoms with Gasteiger partial charge in [-0.2, -0.15) is 0 Å². The van der Waals surface area contributed by atoms with Crippen molar-refractivity contribution in [2.45, 2.75) is 19.5 Å². The second-order valence-corrected chi connectivity index (χ2v) is 3.83. The first kappa shape index (κ1) is 11.7. The third kappa shape index (κ3) is 3.04. The first-order chi connectivity index (χ1) is 6.93. The molecule has 4 nitrogen and oxygen atoms in total. The topological polar surface area (TPSA) is 60.4 Å². The molecule has 0 radical (unpaired) electrons. The average Bonchev–Trinajstić information content (AvgIpc) is 2.17. The molecule has 0 bridgehead atoms. The lowest BCUT2D eigenvalue weighted by molar-refractivity contribution is -0.889. The van der Waals surface area contributed by atoms with E-state index in [1.54, 1.807) is 0 Å². The van der Waals surface area contributed by atoms with Crippen molar-refractivity contribution < 1.29 is 14.5 Å². The fourth-order valence-corrected chi connectivity index (χ4v) is 1.32. The molecule has 1 aromatic rings. The van der Waals surface area contributed by atoms with Crippen molar-refractivity contribution in [3.05, 3.63) is 41.1 Å². The molecule has 0 fully saturated rings. The van der Waals surface area contributed by atoms with Crippen molar-refractivity contribution in [3.8, 4) is 0 Å². The summed E-state index contributed by atoms with van der Waals surface area (Å²) in [4.78, 5) is 10.7. The van der Waals surface area contributed by atoms with Crippen LogP contribution in [-0.4, -0.2) is 28.8 Å². The largest absolute Gasteiger partial charge is 0.632 e. The molecule has 2 atom stereocenters. The van der Waals surface area contributed by atoms with Gasteiger partial charge in [-0.3, -0.25) is 0 Å². The van der Waals surface area contributed by atoms with Gasteiger partial charge in [0.15, 0.2) is 6.04 Å². The highest BCUT2D eigenvalue weighted by Crippen LogP contribution is 2.14. The summed E-state index contributed by atoms with van der Waals surface area (Å²) < 4.78 is -0.792. The summed E-state index contributed by atoms with van der Waals surface area (Å²) in [6.45, 7) is 1.60. The van der Waals surface area contributed by atoms with E-state index in [2.05, 4.69) is 0 Å². The van der Waals surface area contributed by atoms with Crippen molar-refractivity contribution in [2.75, 3.05) is 7.05 Å². The number of rotatable bonds is 4. The van der Waals surface area contributed by atoms with Crippen LogP contribution in [0, 0.1) is 5.21 Å². The van der Waals surface area contributed by atoms with Crippen LogP contribution in [0.15, 0.2) is 30.3 Å². The summed E-state index contributed by atoms with van der Waals surface area (Å²) in [7, 11) is 1.38. The molecule has 0 aliphatic rings. The van der Waals surface area contributed by atoms with Gasteiger partial charge in [0.25, 0.3) is 0 Å². The molecule has 1 aromatic carbocycles. The van der Waals surface area contributed by atoms with Crippen LogP contribution >= 0.6 is 0 Å². The van der Waals surface area contributed by atoms with Crippen LogP contribution in [0.3, 0.4) is 0 Å². The highest BCUT2D eigenvalue weighted by Gasteiger charge is 2.26. The van der Waals surface area contributed by atoms with Gasteiger partial charge in [-0.1, -0.05) is 30.3 Å². The molecular formula is C11H15NO3. The van der Waals surface area contributed by atoms with Crippen molar-refractivity contribution in [1.29, 1.82) is 0 Å². The molecule has 0 aromatic heterocycles. The van der Waals surface area contributed by atoms with E-state index >= 15 is 0 Å². The van der Waals surface area contributed by atoms with Gasteiger partial charge in [0, 0.05) is 5.56 Å². The number of quaternary nitrogens is 1. The number of hydrogen-bond donors (Lipinski definition) is 1. The maximum absolute atomic E-state index is 12.0. The van der Waals surface area contributed by atoms with Crippen molar-refractivity contribution in [2.24, 2.45) is 0 Å². The van der Waals surface area contributed by atoms with Gasteiger partial charge in [-0.15, -0.1) is 0 Å². The smallest absolute Gasteiger partial charge is 0.362 e. The lowest BCUT2D eigenvalue weighted by atomic mass is 10.2. The molecular weight excluding hydrogens is 194 g/mol. The van der Waals surface area contributed by atoms with Gasteiger partial charge in [-0.05, 0) is 6.92 Å². The fourth-order valence-electron chi connectivity index (χ4n) is 1.32. The summed E-state index contributed by atoms with van der Waals surface area (Å²) in [5.41, 5.74) is 0.850. The maximum atomic E-state index is 12.0. The van der Waals surface area contributed by atoms with E-state index < -0.39 is 16.7 Å². The Morgan fingerprint density at radius 1 is 1.47 bits per heavy atom. The molecule has 4 heteroatoms. The summed E-state index contributed by atoms with van der Waals surface area (Å²) in [5, 5.41) is 20.8. The van der Waals surface area contributed by atoms with E-state index in [1.807, 2.05) is 30.3 Å². The van der Waals surface area contributed by atoms with Gasteiger partial charge >= 0.3 is 5.97 Å². The zero-order valence-corrected chi connectivity index (χ0v) is 8.88. The SMILES string of the molecule is CC(C(=O)O)[N+](C)([O-])Cc1ccccc1. The highest BCUT2D eigenvalue weighted by molar-refractivity contribution is 5.71. The van der Waals surface area contributed by atoms with E-state index in [0.717, 1.165) is 5.56 Å². The van der Waals surface area contributed by atoms with Gasteiger partial charge in [0.05, 0.1) is 7.05 Å². The Labute approximate surface area is 88.9 Å². The van der Waals surface area contributed by atoms with Crippen molar-refractivity contribution in [1.82, 2.24) is 0 Å². The molecule has 0 spiro atoms. The number of likely N-dealkylation sites (N-methyl/N-ethyl adjacent to an activating group) is 1. The minimum Gasteiger partial charge on any atom is -0.632 e. The molecule has 2 unspecified atom stereocenters. The van der Waals surface area contributed by atoms with E-state index in [9.17, 15) is 10.0 Å². The van der Waals surface area contributed by atoms with Crippen LogP contribution in [0.2, 0.25) is 0 Å². The first-order valence-electron chi connectivity index (χ1n) is 4.76. The molecule has 0 aliphatic carbocycles. The molecule has 0 saturated carbocycles. The van der Waals surface area contributed by atoms with Gasteiger partial charge in [-0.25, -0.2) is 4.79 Å². The Morgan fingerprint density at radius 2 is 2.00 bits per heavy atom. The Bertz CT molecular complexity index is 335. The number of carbonyl (C=O) groups is 1. The molecule has 15 heavy (non-hydrogen) atoms. The minimum absolute atomic E-state index is 0.175. The first-order valence-corrected chi connectivity index (χ1v) is 4.76. The monoisotopic (exact) mass is 209 g/mol. The summed E-state index contributed by atoms with van der Waals surface area (Å²) >= 11 is 0. The minimum atomic E-state index is -1.07. The molecule has 0 aliphatic heterocycles. The predicted molar refractivity (Wildman–Crippen MR) is 56.8 cm³/mol. The Balaban J connectivity index is 2.76. The van der Waals surface area contributed by atoms with E-state index in [0.29, 0.717) is 0 Å². The molecule has 0 amide bonds. The van der Waals surface area contributed by atoms with Crippen LogP contribution in [0.1, 0.15) is 12.5 Å². The zero-order valence-electron chi connectivity index (χ0n) is 8.88. The van der Waals surface area contributed by atoms with E-state index in [-0.39, 0.29) is 6.54 Å². The normalized spacial score (nSPS) is 16.7. The second kappa shape index (κ2) is 4.42. The fraction of sp³-hybridized carbons (Fsp3) is 0.364. The number of hydroxylamine groups is 3. The van der Waals surface area contributed by atoms with E-state index in [4.69, 9.17) is 5.11 Å². The molecule has 0 saturated heterocycles. The highest BCUT2D eigenvalue weighted by atomic mass is 16.5. The number of benzene rings is 1. The third-order valence-electron chi connectivity index (χ3n) is 2.52. The summed E-state index contributed by atoms with van der Waals surface area (Å²) in [6.07, 6.45) is 0.